The Morgan fingerprint density at radius 1 is 1.57 bits per heavy atom. The van der Waals surface area contributed by atoms with Crippen molar-refractivity contribution in [3.63, 3.8) is 0 Å². The van der Waals surface area contributed by atoms with Crippen LogP contribution in [0.15, 0.2) is 12.3 Å². The molecule has 1 saturated carbocycles. The number of hydrogen-bond donors (Lipinski definition) is 1. The Morgan fingerprint density at radius 2 is 2.36 bits per heavy atom. The number of hydrogen-bond acceptors (Lipinski definition) is 3. The highest BCUT2D eigenvalue weighted by Crippen LogP contribution is 2.31. The molecular formula is C11H16N2O. The largest absolute Gasteiger partial charge is 0.490 e. The van der Waals surface area contributed by atoms with E-state index in [0.29, 0.717) is 6.10 Å². The monoisotopic (exact) mass is 192 g/mol. The van der Waals surface area contributed by atoms with E-state index >= 15 is 0 Å². The fraction of sp³-hybridized carbons (Fsp3) is 0.545. The van der Waals surface area contributed by atoms with Crippen LogP contribution in [0.2, 0.25) is 0 Å². The van der Waals surface area contributed by atoms with Crippen molar-refractivity contribution in [1.82, 2.24) is 4.98 Å². The zero-order valence-electron chi connectivity index (χ0n) is 8.71. The van der Waals surface area contributed by atoms with Gasteiger partial charge in [0.15, 0.2) is 0 Å². The Labute approximate surface area is 84.5 Å². The number of pyridine rings is 1. The molecular weight excluding hydrogens is 176 g/mol. The molecule has 1 aliphatic rings. The van der Waals surface area contributed by atoms with E-state index in [-0.39, 0.29) is 0 Å². The number of nitrogens with one attached hydrogen (secondary N) is 1. The Balaban J connectivity index is 2.26. The second-order valence-corrected chi connectivity index (χ2v) is 3.56. The van der Waals surface area contributed by atoms with Crippen molar-refractivity contribution in [2.75, 3.05) is 12.4 Å². The highest BCUT2D eigenvalue weighted by Gasteiger charge is 2.24. The maximum absolute atomic E-state index is 5.81. The Kier molecular flexibility index (Phi) is 2.57. The first-order chi connectivity index (χ1) is 6.85. The molecule has 0 aliphatic heterocycles. The molecule has 0 radical (unpaired) electrons. The Hall–Kier alpha value is -1.25. The normalized spacial score (nSPS) is 15.3. The molecule has 0 aromatic carbocycles. The third kappa shape index (κ3) is 1.81. The Bertz CT molecular complexity index is 321. The molecule has 0 amide bonds. The van der Waals surface area contributed by atoms with Crippen LogP contribution >= 0.6 is 0 Å². The van der Waals surface area contributed by atoms with Crippen LogP contribution in [0.1, 0.15) is 25.3 Å². The fourth-order valence-electron chi connectivity index (χ4n) is 1.51. The van der Waals surface area contributed by atoms with E-state index < -0.39 is 0 Å². The highest BCUT2D eigenvalue weighted by molar-refractivity contribution is 5.51. The Morgan fingerprint density at radius 3 is 2.93 bits per heavy atom. The van der Waals surface area contributed by atoms with E-state index in [2.05, 4.69) is 17.2 Å². The first kappa shape index (κ1) is 9.31. The molecule has 3 heteroatoms. The topological polar surface area (TPSA) is 34.1 Å². The van der Waals surface area contributed by atoms with Gasteiger partial charge in [-0.1, -0.05) is 6.92 Å². The molecule has 0 atom stereocenters. The van der Waals surface area contributed by atoms with Crippen molar-refractivity contribution in [3.05, 3.63) is 17.8 Å². The summed E-state index contributed by atoms with van der Waals surface area (Å²) in [5.74, 6) is 1.93. The molecule has 1 aromatic heterocycles. The van der Waals surface area contributed by atoms with Crippen molar-refractivity contribution in [3.8, 4) is 5.75 Å². The molecule has 1 aliphatic carbocycles. The molecule has 0 unspecified atom stereocenters. The molecule has 0 bridgehead atoms. The van der Waals surface area contributed by atoms with Crippen LogP contribution in [0.4, 0.5) is 5.82 Å². The number of nitrogens with zero attached hydrogens (tertiary/aromatic N) is 1. The smallest absolute Gasteiger partial charge is 0.132 e. The summed E-state index contributed by atoms with van der Waals surface area (Å²) in [6, 6.07) is 1.96. The van der Waals surface area contributed by atoms with E-state index in [0.717, 1.165) is 18.0 Å². The van der Waals surface area contributed by atoms with E-state index in [4.69, 9.17) is 4.74 Å². The second kappa shape index (κ2) is 3.86. The lowest BCUT2D eigenvalue weighted by Crippen LogP contribution is -2.03. The molecule has 1 fully saturated rings. The lowest BCUT2D eigenvalue weighted by atomic mass is 10.2. The van der Waals surface area contributed by atoms with Crippen molar-refractivity contribution < 1.29 is 4.74 Å². The average Bonchev–Trinajstić information content (AvgIpc) is 3.01. The van der Waals surface area contributed by atoms with Gasteiger partial charge in [0, 0.05) is 18.8 Å². The number of ether oxygens (including phenoxy) is 1. The van der Waals surface area contributed by atoms with Crippen LogP contribution in [0.3, 0.4) is 0 Å². The van der Waals surface area contributed by atoms with Gasteiger partial charge in [0.1, 0.15) is 11.6 Å². The fourth-order valence-corrected chi connectivity index (χ4v) is 1.51. The van der Waals surface area contributed by atoms with Crippen molar-refractivity contribution >= 4 is 5.82 Å². The van der Waals surface area contributed by atoms with Crippen LogP contribution in [0.25, 0.3) is 0 Å². The van der Waals surface area contributed by atoms with Gasteiger partial charge in [-0.05, 0) is 25.3 Å². The molecule has 0 spiro atoms. The summed E-state index contributed by atoms with van der Waals surface area (Å²) >= 11 is 0. The zero-order chi connectivity index (χ0) is 9.97. The predicted octanol–water partition coefficient (Wildman–Crippen LogP) is 2.23. The quantitative estimate of drug-likeness (QED) is 0.794. The summed E-state index contributed by atoms with van der Waals surface area (Å²) in [5.41, 5.74) is 1.18. The van der Waals surface area contributed by atoms with Crippen molar-refractivity contribution in [2.24, 2.45) is 0 Å². The summed E-state index contributed by atoms with van der Waals surface area (Å²) in [6.07, 6.45) is 5.59. The molecule has 1 heterocycles. The van der Waals surface area contributed by atoms with E-state index in [9.17, 15) is 0 Å². The molecule has 1 N–H and O–H groups in total. The van der Waals surface area contributed by atoms with Crippen molar-refractivity contribution in [2.45, 2.75) is 32.3 Å². The lowest BCUT2D eigenvalue weighted by molar-refractivity contribution is 0.300. The van der Waals surface area contributed by atoms with Crippen LogP contribution in [0.5, 0.6) is 5.75 Å². The molecule has 76 valence electrons. The summed E-state index contributed by atoms with van der Waals surface area (Å²) in [4.78, 5) is 4.27. The van der Waals surface area contributed by atoms with Crippen LogP contribution in [0, 0.1) is 0 Å². The van der Waals surface area contributed by atoms with Gasteiger partial charge >= 0.3 is 0 Å². The number of anilines is 1. The first-order valence-corrected chi connectivity index (χ1v) is 5.17. The maximum Gasteiger partial charge on any atom is 0.132 e. The van der Waals surface area contributed by atoms with Gasteiger partial charge in [-0.3, -0.25) is 0 Å². The lowest BCUT2D eigenvalue weighted by Gasteiger charge is -2.12. The van der Waals surface area contributed by atoms with E-state index in [1.165, 1.54) is 18.4 Å². The molecule has 14 heavy (non-hydrogen) atoms. The third-order valence-electron chi connectivity index (χ3n) is 2.42. The minimum absolute atomic E-state index is 0.451. The molecule has 0 saturated heterocycles. The molecule has 1 aromatic rings. The van der Waals surface area contributed by atoms with Gasteiger partial charge in [0.25, 0.3) is 0 Å². The summed E-state index contributed by atoms with van der Waals surface area (Å²) in [6.45, 7) is 2.12. The molecule has 3 nitrogen and oxygen atoms in total. The number of rotatable bonds is 4. The summed E-state index contributed by atoms with van der Waals surface area (Å²) in [7, 11) is 1.89. The van der Waals surface area contributed by atoms with E-state index in [1.807, 2.05) is 13.1 Å². The van der Waals surface area contributed by atoms with Gasteiger partial charge in [0.2, 0.25) is 0 Å². The third-order valence-corrected chi connectivity index (χ3v) is 2.42. The number of aromatic nitrogens is 1. The van der Waals surface area contributed by atoms with Gasteiger partial charge < -0.3 is 10.1 Å². The van der Waals surface area contributed by atoms with Crippen LogP contribution in [-0.4, -0.2) is 18.1 Å². The molecule has 2 rings (SSSR count). The van der Waals surface area contributed by atoms with Crippen LogP contribution in [-0.2, 0) is 6.42 Å². The average molecular weight is 192 g/mol. The van der Waals surface area contributed by atoms with Gasteiger partial charge in [-0.2, -0.15) is 0 Å². The minimum Gasteiger partial charge on any atom is -0.490 e. The summed E-state index contributed by atoms with van der Waals surface area (Å²) in [5, 5.41) is 3.09. The zero-order valence-corrected chi connectivity index (χ0v) is 8.71. The van der Waals surface area contributed by atoms with Crippen LogP contribution < -0.4 is 10.1 Å². The van der Waals surface area contributed by atoms with Gasteiger partial charge in [-0.25, -0.2) is 4.98 Å². The highest BCUT2D eigenvalue weighted by atomic mass is 16.5. The SMILES string of the molecule is CCc1c(OC2CC2)ccnc1NC. The predicted molar refractivity (Wildman–Crippen MR) is 56.8 cm³/mol. The van der Waals surface area contributed by atoms with Gasteiger partial charge in [-0.15, -0.1) is 0 Å². The second-order valence-electron chi connectivity index (χ2n) is 3.56. The van der Waals surface area contributed by atoms with E-state index in [1.54, 1.807) is 6.20 Å². The minimum atomic E-state index is 0.451. The van der Waals surface area contributed by atoms with Crippen molar-refractivity contribution in [1.29, 1.82) is 0 Å². The summed E-state index contributed by atoms with van der Waals surface area (Å²) < 4.78 is 5.81. The maximum atomic E-state index is 5.81. The van der Waals surface area contributed by atoms with Gasteiger partial charge in [0.05, 0.1) is 6.10 Å². The first-order valence-electron chi connectivity index (χ1n) is 5.17. The standard InChI is InChI=1S/C11H16N2O/c1-3-9-10(14-8-4-5-8)6-7-13-11(9)12-2/h6-8H,3-5H2,1-2H3,(H,12,13).